The SMILES string of the molecule is CCOC(=O)c1cc(S(=O)(=O)Nc2cccc(C)c2)[nH]n1. The van der Waals surface area contributed by atoms with Crippen molar-refractivity contribution in [2.45, 2.75) is 18.9 Å². The molecule has 0 unspecified atom stereocenters. The lowest BCUT2D eigenvalue weighted by atomic mass is 10.2. The van der Waals surface area contributed by atoms with Crippen LogP contribution in [0.5, 0.6) is 0 Å². The van der Waals surface area contributed by atoms with E-state index in [9.17, 15) is 13.2 Å². The van der Waals surface area contributed by atoms with Gasteiger partial charge >= 0.3 is 5.97 Å². The molecule has 1 aromatic carbocycles. The van der Waals surface area contributed by atoms with E-state index in [1.807, 2.05) is 13.0 Å². The van der Waals surface area contributed by atoms with Crippen LogP contribution in [0.4, 0.5) is 5.69 Å². The van der Waals surface area contributed by atoms with Crippen molar-refractivity contribution < 1.29 is 17.9 Å². The maximum atomic E-state index is 12.2. The maximum absolute atomic E-state index is 12.2. The normalized spacial score (nSPS) is 11.1. The standard InChI is InChI=1S/C13H15N3O4S/c1-3-20-13(17)11-8-12(15-14-11)21(18,19)16-10-6-4-5-9(2)7-10/h4-8,16H,3H2,1-2H3,(H,14,15). The predicted molar refractivity (Wildman–Crippen MR) is 76.5 cm³/mol. The lowest BCUT2D eigenvalue weighted by Gasteiger charge is -2.06. The maximum Gasteiger partial charge on any atom is 0.358 e. The highest BCUT2D eigenvalue weighted by atomic mass is 32.2. The Hall–Kier alpha value is -2.35. The van der Waals surface area contributed by atoms with Gasteiger partial charge in [0.1, 0.15) is 0 Å². The number of benzene rings is 1. The van der Waals surface area contributed by atoms with E-state index in [0.717, 1.165) is 11.6 Å². The van der Waals surface area contributed by atoms with E-state index in [1.165, 1.54) is 0 Å². The minimum Gasteiger partial charge on any atom is -0.461 e. The van der Waals surface area contributed by atoms with Crippen LogP contribution in [0.15, 0.2) is 35.4 Å². The second-order valence-corrected chi connectivity index (χ2v) is 5.96. The van der Waals surface area contributed by atoms with Gasteiger partial charge in [0, 0.05) is 11.8 Å². The summed E-state index contributed by atoms with van der Waals surface area (Å²) in [5.41, 5.74) is 1.27. The summed E-state index contributed by atoms with van der Waals surface area (Å²) in [6.45, 7) is 3.70. The Morgan fingerprint density at radius 3 is 2.81 bits per heavy atom. The van der Waals surface area contributed by atoms with Crippen molar-refractivity contribution >= 4 is 21.7 Å². The summed E-state index contributed by atoms with van der Waals surface area (Å²) < 4.78 is 31.5. The number of nitrogens with one attached hydrogen (secondary N) is 2. The molecule has 1 heterocycles. The fourth-order valence-electron chi connectivity index (χ4n) is 1.67. The fourth-order valence-corrected chi connectivity index (χ4v) is 2.65. The summed E-state index contributed by atoms with van der Waals surface area (Å²) in [6.07, 6.45) is 0. The van der Waals surface area contributed by atoms with Crippen LogP contribution < -0.4 is 4.72 Å². The monoisotopic (exact) mass is 309 g/mol. The summed E-state index contributed by atoms with van der Waals surface area (Å²) >= 11 is 0. The molecule has 0 aliphatic carbocycles. The smallest absolute Gasteiger partial charge is 0.358 e. The van der Waals surface area contributed by atoms with Crippen LogP contribution in [0.2, 0.25) is 0 Å². The van der Waals surface area contributed by atoms with Gasteiger partial charge in [-0.25, -0.2) is 4.79 Å². The average Bonchev–Trinajstić information content (AvgIpc) is 2.89. The molecule has 0 saturated carbocycles. The minimum absolute atomic E-state index is 0.0820. The highest BCUT2D eigenvalue weighted by Crippen LogP contribution is 2.16. The third-order valence-electron chi connectivity index (χ3n) is 2.60. The van der Waals surface area contributed by atoms with Gasteiger partial charge in [0.2, 0.25) is 0 Å². The number of ether oxygens (including phenoxy) is 1. The molecule has 0 aliphatic heterocycles. The van der Waals surface area contributed by atoms with E-state index in [-0.39, 0.29) is 17.3 Å². The molecule has 0 amide bonds. The summed E-state index contributed by atoms with van der Waals surface area (Å²) in [6, 6.07) is 8.06. The number of hydrogen-bond acceptors (Lipinski definition) is 5. The molecule has 7 nitrogen and oxygen atoms in total. The number of sulfonamides is 1. The third-order valence-corrected chi connectivity index (χ3v) is 3.89. The largest absolute Gasteiger partial charge is 0.461 e. The van der Waals surface area contributed by atoms with E-state index in [2.05, 4.69) is 14.9 Å². The van der Waals surface area contributed by atoms with E-state index >= 15 is 0 Å². The highest BCUT2D eigenvalue weighted by Gasteiger charge is 2.20. The Morgan fingerprint density at radius 2 is 2.14 bits per heavy atom. The molecule has 8 heteroatoms. The van der Waals surface area contributed by atoms with Crippen molar-refractivity contribution in [1.82, 2.24) is 10.2 Å². The molecule has 0 radical (unpaired) electrons. The number of aromatic nitrogens is 2. The van der Waals surface area contributed by atoms with Crippen molar-refractivity contribution in [3.8, 4) is 0 Å². The third kappa shape index (κ3) is 3.60. The Kier molecular flexibility index (Phi) is 4.27. The van der Waals surface area contributed by atoms with Crippen LogP contribution in [0.25, 0.3) is 0 Å². The second kappa shape index (κ2) is 5.96. The van der Waals surface area contributed by atoms with E-state index < -0.39 is 16.0 Å². The first-order valence-corrected chi connectivity index (χ1v) is 7.72. The second-order valence-electron chi connectivity index (χ2n) is 4.31. The van der Waals surface area contributed by atoms with Gasteiger partial charge in [0.25, 0.3) is 10.0 Å². The molecule has 0 fully saturated rings. The Morgan fingerprint density at radius 1 is 1.38 bits per heavy atom. The molecule has 0 atom stereocenters. The number of aryl methyl sites for hydroxylation is 1. The fraction of sp³-hybridized carbons (Fsp3) is 0.231. The molecular weight excluding hydrogens is 294 g/mol. The Labute approximate surface area is 122 Å². The predicted octanol–water partition coefficient (Wildman–Crippen LogP) is 1.70. The van der Waals surface area contributed by atoms with Crippen LogP contribution in [0, 0.1) is 6.92 Å². The Balaban J connectivity index is 2.22. The summed E-state index contributed by atoms with van der Waals surface area (Å²) in [5.74, 6) is -0.675. The number of nitrogens with zero attached hydrogens (tertiary/aromatic N) is 1. The summed E-state index contributed by atoms with van der Waals surface area (Å²) in [7, 11) is -3.83. The molecule has 2 aromatic rings. The van der Waals surface area contributed by atoms with E-state index in [1.54, 1.807) is 25.1 Å². The van der Waals surface area contributed by atoms with Crippen LogP contribution in [-0.2, 0) is 14.8 Å². The molecule has 1 aromatic heterocycles. The molecule has 0 spiro atoms. The van der Waals surface area contributed by atoms with Gasteiger partial charge in [-0.15, -0.1) is 0 Å². The topological polar surface area (TPSA) is 101 Å². The zero-order chi connectivity index (χ0) is 15.5. The van der Waals surface area contributed by atoms with Crippen molar-refractivity contribution in [3.63, 3.8) is 0 Å². The van der Waals surface area contributed by atoms with Crippen molar-refractivity contribution in [2.75, 3.05) is 11.3 Å². The molecule has 0 saturated heterocycles. The first kappa shape index (κ1) is 15.0. The van der Waals surface area contributed by atoms with Crippen LogP contribution >= 0.6 is 0 Å². The average molecular weight is 309 g/mol. The molecule has 2 N–H and O–H groups in total. The number of aromatic amines is 1. The molecule has 2 rings (SSSR count). The first-order valence-electron chi connectivity index (χ1n) is 6.24. The number of hydrogen-bond donors (Lipinski definition) is 2. The van der Waals surface area contributed by atoms with Gasteiger partial charge in [-0.05, 0) is 31.5 Å². The first-order chi connectivity index (χ1) is 9.92. The molecule has 112 valence electrons. The number of carbonyl (C=O) groups excluding carboxylic acids is 1. The van der Waals surface area contributed by atoms with Gasteiger partial charge in [-0.1, -0.05) is 12.1 Å². The van der Waals surface area contributed by atoms with Crippen molar-refractivity contribution in [2.24, 2.45) is 0 Å². The lowest BCUT2D eigenvalue weighted by molar-refractivity contribution is 0.0519. The minimum atomic E-state index is -3.83. The van der Waals surface area contributed by atoms with E-state index in [4.69, 9.17) is 4.74 Å². The van der Waals surface area contributed by atoms with Gasteiger partial charge in [-0.3, -0.25) is 9.82 Å². The quantitative estimate of drug-likeness (QED) is 0.819. The zero-order valence-corrected chi connectivity index (χ0v) is 12.4. The zero-order valence-electron chi connectivity index (χ0n) is 11.6. The van der Waals surface area contributed by atoms with Crippen molar-refractivity contribution in [3.05, 3.63) is 41.6 Å². The molecule has 21 heavy (non-hydrogen) atoms. The number of carbonyl (C=O) groups is 1. The van der Waals surface area contributed by atoms with Crippen LogP contribution in [0.3, 0.4) is 0 Å². The van der Waals surface area contributed by atoms with Crippen LogP contribution in [0.1, 0.15) is 23.0 Å². The number of anilines is 1. The molecule has 0 aliphatic rings. The van der Waals surface area contributed by atoms with Crippen molar-refractivity contribution in [1.29, 1.82) is 0 Å². The van der Waals surface area contributed by atoms with Gasteiger partial charge in [-0.2, -0.15) is 13.5 Å². The number of H-pyrrole nitrogens is 1. The van der Waals surface area contributed by atoms with Gasteiger partial charge < -0.3 is 4.74 Å². The lowest BCUT2D eigenvalue weighted by Crippen LogP contribution is -2.13. The van der Waals surface area contributed by atoms with E-state index in [0.29, 0.717) is 5.69 Å². The molecular formula is C13H15N3O4S. The summed E-state index contributed by atoms with van der Waals surface area (Å²) in [5, 5.41) is 5.76. The van der Waals surface area contributed by atoms with Gasteiger partial charge in [0.15, 0.2) is 10.7 Å². The number of rotatable bonds is 5. The highest BCUT2D eigenvalue weighted by molar-refractivity contribution is 7.92. The summed E-state index contributed by atoms with van der Waals surface area (Å²) in [4.78, 5) is 11.5. The Bertz CT molecular complexity index is 752. The molecule has 0 bridgehead atoms. The number of esters is 1. The van der Waals surface area contributed by atoms with Gasteiger partial charge in [0.05, 0.1) is 6.61 Å². The van der Waals surface area contributed by atoms with Crippen LogP contribution in [-0.4, -0.2) is 31.2 Å².